The Morgan fingerprint density at radius 1 is 0.905 bits per heavy atom. The fraction of sp³-hybridized carbons (Fsp3) is 0.371. The van der Waals surface area contributed by atoms with Gasteiger partial charge < -0.3 is 4.42 Å². The molecule has 7 heteroatoms. The van der Waals surface area contributed by atoms with Crippen molar-refractivity contribution in [3.63, 3.8) is 0 Å². The van der Waals surface area contributed by atoms with E-state index in [0.29, 0.717) is 22.5 Å². The van der Waals surface area contributed by atoms with Crippen LogP contribution in [0.3, 0.4) is 0 Å². The van der Waals surface area contributed by atoms with E-state index in [1.165, 1.54) is 51.2 Å². The first-order chi connectivity index (χ1) is 20.4. The Kier molecular flexibility index (Phi) is 7.43. The Bertz CT molecular complexity index is 1780. The SMILES string of the molecule is Cc1c(-c2nc3cc(CN4CCCC4)cc(Cl)c3o2)cccc1-c1cccc(-c2nc3c(s2)CN(C(C)C)CC3)c1C. The van der Waals surface area contributed by atoms with Crippen molar-refractivity contribution >= 4 is 34.0 Å². The van der Waals surface area contributed by atoms with Gasteiger partial charge in [-0.1, -0.05) is 41.9 Å². The van der Waals surface area contributed by atoms with Crippen LogP contribution in [-0.4, -0.2) is 45.4 Å². The van der Waals surface area contributed by atoms with Gasteiger partial charge in [0.2, 0.25) is 5.89 Å². The van der Waals surface area contributed by atoms with Crippen LogP contribution in [0.4, 0.5) is 0 Å². The third kappa shape index (κ3) is 5.09. The van der Waals surface area contributed by atoms with Gasteiger partial charge >= 0.3 is 0 Å². The third-order valence-electron chi connectivity index (χ3n) is 9.02. The molecule has 5 aromatic rings. The van der Waals surface area contributed by atoms with Crippen LogP contribution < -0.4 is 0 Å². The molecule has 2 aliphatic rings. The van der Waals surface area contributed by atoms with Crippen molar-refractivity contribution in [2.24, 2.45) is 0 Å². The Balaban J connectivity index is 1.23. The number of oxazole rings is 1. The molecular weight excluding hydrogens is 560 g/mol. The zero-order chi connectivity index (χ0) is 29.0. The van der Waals surface area contributed by atoms with E-state index in [-0.39, 0.29) is 0 Å². The minimum Gasteiger partial charge on any atom is -0.434 e. The van der Waals surface area contributed by atoms with Crippen LogP contribution in [0.2, 0.25) is 5.02 Å². The van der Waals surface area contributed by atoms with Gasteiger partial charge in [-0.15, -0.1) is 11.3 Å². The first-order valence-corrected chi connectivity index (χ1v) is 16.3. The van der Waals surface area contributed by atoms with Gasteiger partial charge in [0.15, 0.2) is 5.58 Å². The lowest BCUT2D eigenvalue weighted by atomic mass is 9.91. The summed E-state index contributed by atoms with van der Waals surface area (Å²) in [7, 11) is 0. The zero-order valence-corrected chi connectivity index (χ0v) is 26.4. The molecule has 0 bridgehead atoms. The number of halogens is 1. The van der Waals surface area contributed by atoms with Crippen molar-refractivity contribution in [3.8, 4) is 33.2 Å². The number of fused-ring (bicyclic) bond motifs is 2. The number of benzene rings is 3. The molecule has 1 fully saturated rings. The maximum Gasteiger partial charge on any atom is 0.227 e. The molecule has 2 aromatic heterocycles. The Labute approximate surface area is 257 Å². The van der Waals surface area contributed by atoms with Crippen LogP contribution in [0, 0.1) is 13.8 Å². The summed E-state index contributed by atoms with van der Waals surface area (Å²) >= 11 is 8.57. The van der Waals surface area contributed by atoms with Gasteiger partial charge in [-0.2, -0.15) is 0 Å². The molecule has 4 heterocycles. The molecule has 0 spiro atoms. The number of likely N-dealkylation sites (tertiary alicyclic amines) is 1. The lowest BCUT2D eigenvalue weighted by Crippen LogP contribution is -2.35. The second kappa shape index (κ2) is 11.2. The normalized spacial score (nSPS) is 16.1. The van der Waals surface area contributed by atoms with E-state index in [1.54, 1.807) is 0 Å². The zero-order valence-electron chi connectivity index (χ0n) is 24.8. The van der Waals surface area contributed by atoms with Gasteiger partial charge in [0, 0.05) is 48.1 Å². The van der Waals surface area contributed by atoms with Crippen molar-refractivity contribution in [3.05, 3.63) is 80.8 Å². The quantitative estimate of drug-likeness (QED) is 0.196. The summed E-state index contributed by atoms with van der Waals surface area (Å²) in [5, 5.41) is 1.75. The van der Waals surface area contributed by atoms with Crippen LogP contribution in [0.15, 0.2) is 52.9 Å². The van der Waals surface area contributed by atoms with Crippen molar-refractivity contribution in [2.75, 3.05) is 19.6 Å². The molecule has 0 saturated carbocycles. The average molecular weight is 597 g/mol. The van der Waals surface area contributed by atoms with E-state index >= 15 is 0 Å². The van der Waals surface area contributed by atoms with Crippen molar-refractivity contribution < 1.29 is 4.42 Å². The molecule has 2 aliphatic heterocycles. The highest BCUT2D eigenvalue weighted by atomic mass is 35.5. The number of nitrogens with zero attached hydrogens (tertiary/aromatic N) is 4. The molecule has 0 atom stereocenters. The summed E-state index contributed by atoms with van der Waals surface area (Å²) < 4.78 is 6.31. The molecule has 216 valence electrons. The number of aromatic nitrogens is 2. The second-order valence-corrected chi connectivity index (χ2v) is 13.6. The maximum absolute atomic E-state index is 6.71. The van der Waals surface area contributed by atoms with E-state index in [9.17, 15) is 0 Å². The maximum atomic E-state index is 6.71. The van der Waals surface area contributed by atoms with Crippen molar-refractivity contribution in [1.29, 1.82) is 0 Å². The van der Waals surface area contributed by atoms with Crippen LogP contribution in [0.25, 0.3) is 44.3 Å². The summed E-state index contributed by atoms with van der Waals surface area (Å²) in [6, 6.07) is 17.7. The highest BCUT2D eigenvalue weighted by molar-refractivity contribution is 7.15. The topological polar surface area (TPSA) is 45.4 Å². The lowest BCUT2D eigenvalue weighted by Gasteiger charge is -2.29. The number of thiazole rings is 1. The first-order valence-electron chi connectivity index (χ1n) is 15.1. The molecule has 7 rings (SSSR count). The highest BCUT2D eigenvalue weighted by Gasteiger charge is 2.24. The largest absolute Gasteiger partial charge is 0.434 e. The van der Waals surface area contributed by atoms with E-state index in [0.717, 1.165) is 60.8 Å². The number of hydrogen-bond acceptors (Lipinski definition) is 6. The second-order valence-electron chi connectivity index (χ2n) is 12.1. The van der Waals surface area contributed by atoms with Gasteiger partial charge in [-0.05, 0) is 99.6 Å². The van der Waals surface area contributed by atoms with E-state index in [4.69, 9.17) is 26.0 Å². The highest BCUT2D eigenvalue weighted by Crippen LogP contribution is 2.40. The fourth-order valence-corrected chi connectivity index (χ4v) is 8.03. The lowest BCUT2D eigenvalue weighted by molar-refractivity contribution is 0.205. The predicted molar refractivity (Wildman–Crippen MR) is 174 cm³/mol. The average Bonchev–Trinajstić information content (AvgIpc) is 3.73. The molecule has 0 unspecified atom stereocenters. The standard InChI is InChI=1S/C35H37ClN4OS/c1-21(2)40-16-13-30-32(20-40)42-35(38-30)28-12-8-10-26(23(28)4)25-9-7-11-27(22(25)3)34-37-31-18-24(17-29(36)33(31)41-34)19-39-14-5-6-15-39/h7-12,17-18,21H,5-6,13-16,19-20H2,1-4H3. The molecule has 1 saturated heterocycles. The number of rotatable bonds is 6. The molecule has 0 amide bonds. The summed E-state index contributed by atoms with van der Waals surface area (Å²) in [6.45, 7) is 14.2. The van der Waals surface area contributed by atoms with Crippen molar-refractivity contribution in [2.45, 2.75) is 66.1 Å². The van der Waals surface area contributed by atoms with Crippen LogP contribution in [0.5, 0.6) is 0 Å². The van der Waals surface area contributed by atoms with Crippen molar-refractivity contribution in [1.82, 2.24) is 19.8 Å². The molecule has 5 nitrogen and oxygen atoms in total. The van der Waals surface area contributed by atoms with Crippen LogP contribution >= 0.6 is 22.9 Å². The van der Waals surface area contributed by atoms with E-state index < -0.39 is 0 Å². The molecule has 0 radical (unpaired) electrons. The van der Waals surface area contributed by atoms with E-state index in [2.05, 4.69) is 80.0 Å². The monoisotopic (exact) mass is 596 g/mol. The summed E-state index contributed by atoms with van der Waals surface area (Å²) in [5.74, 6) is 0.612. The van der Waals surface area contributed by atoms with Gasteiger partial charge in [0.25, 0.3) is 0 Å². The summed E-state index contributed by atoms with van der Waals surface area (Å²) in [4.78, 5) is 16.5. The van der Waals surface area contributed by atoms with Crippen LogP contribution in [-0.2, 0) is 19.5 Å². The fourth-order valence-electron chi connectivity index (χ4n) is 6.54. The smallest absolute Gasteiger partial charge is 0.227 e. The molecule has 3 aromatic carbocycles. The molecular formula is C35H37ClN4OS. The summed E-state index contributed by atoms with van der Waals surface area (Å²) in [5.41, 5.74) is 10.9. The van der Waals surface area contributed by atoms with Gasteiger partial charge in [0.05, 0.1) is 10.7 Å². The van der Waals surface area contributed by atoms with Crippen LogP contribution in [0.1, 0.15) is 54.0 Å². The van der Waals surface area contributed by atoms with E-state index in [1.807, 2.05) is 17.4 Å². The van der Waals surface area contributed by atoms with Gasteiger partial charge in [-0.3, -0.25) is 9.80 Å². The Hall–Kier alpha value is -3.03. The Morgan fingerprint density at radius 2 is 1.60 bits per heavy atom. The minimum atomic E-state index is 0.554. The molecule has 42 heavy (non-hydrogen) atoms. The van der Waals surface area contributed by atoms with Gasteiger partial charge in [-0.25, -0.2) is 9.97 Å². The summed E-state index contributed by atoms with van der Waals surface area (Å²) in [6.07, 6.45) is 3.56. The predicted octanol–water partition coefficient (Wildman–Crippen LogP) is 8.92. The minimum absolute atomic E-state index is 0.554. The van der Waals surface area contributed by atoms with Gasteiger partial charge in [0.1, 0.15) is 10.5 Å². The number of hydrogen-bond donors (Lipinski definition) is 0. The molecule has 0 N–H and O–H groups in total. The first kappa shape index (κ1) is 27.8. The molecule has 0 aliphatic carbocycles. The Morgan fingerprint density at radius 3 is 2.33 bits per heavy atom. The third-order valence-corrected chi connectivity index (χ3v) is 10.4.